The lowest BCUT2D eigenvalue weighted by Gasteiger charge is -2.43. The zero-order chi connectivity index (χ0) is 11.6. The molecule has 17 heavy (non-hydrogen) atoms. The maximum absolute atomic E-state index is 6.11. The van der Waals surface area contributed by atoms with Crippen LogP contribution in [0.3, 0.4) is 0 Å². The molecule has 2 aliphatic rings. The van der Waals surface area contributed by atoms with Crippen LogP contribution in [0.15, 0.2) is 16.8 Å². The fourth-order valence-corrected chi connectivity index (χ4v) is 4.66. The number of ether oxygens (including phenoxy) is 1. The topological polar surface area (TPSA) is 21.3 Å². The first-order valence-corrected chi connectivity index (χ1v) is 8.47. The summed E-state index contributed by atoms with van der Waals surface area (Å²) >= 11 is 3.83. The van der Waals surface area contributed by atoms with Crippen molar-refractivity contribution >= 4 is 28.8 Å². The number of nitrogens with one attached hydrogen (secondary N) is 1. The van der Waals surface area contributed by atoms with Gasteiger partial charge in [0.1, 0.15) is 0 Å². The number of hydrogen-bond donors (Lipinski definition) is 1. The first kappa shape index (κ1) is 11.9. The molecule has 2 fully saturated rings. The second-order valence-corrected chi connectivity index (χ2v) is 6.99. The Morgan fingerprint density at radius 2 is 2.24 bits per heavy atom. The summed E-state index contributed by atoms with van der Waals surface area (Å²) in [6.07, 6.45) is 4.80. The highest BCUT2D eigenvalue weighted by Crippen LogP contribution is 2.38. The average Bonchev–Trinajstić information content (AvgIpc) is 2.83. The molecule has 0 aromatic carbocycles. The molecule has 1 aromatic rings. The van der Waals surface area contributed by atoms with E-state index in [2.05, 4.69) is 33.9 Å². The van der Waals surface area contributed by atoms with Crippen molar-refractivity contribution in [1.82, 2.24) is 0 Å². The van der Waals surface area contributed by atoms with Gasteiger partial charge in [0.05, 0.1) is 5.60 Å². The summed E-state index contributed by atoms with van der Waals surface area (Å²) in [7, 11) is 0. The molecule has 0 aliphatic carbocycles. The maximum atomic E-state index is 6.11. The Morgan fingerprint density at radius 1 is 1.35 bits per heavy atom. The standard InChI is InChI=1S/C13H19NOS2/c1-5-15-13(3-7-16-8-4-13)9-11(1)14-12-2-6-17-10-12/h2,6,10-11,14H,1,3-5,7-9H2. The van der Waals surface area contributed by atoms with E-state index >= 15 is 0 Å². The van der Waals surface area contributed by atoms with Gasteiger partial charge in [-0.2, -0.15) is 23.1 Å². The third kappa shape index (κ3) is 2.80. The molecule has 2 nitrogen and oxygen atoms in total. The van der Waals surface area contributed by atoms with E-state index in [4.69, 9.17) is 4.74 Å². The molecular weight excluding hydrogens is 250 g/mol. The monoisotopic (exact) mass is 269 g/mol. The fourth-order valence-electron chi connectivity index (χ4n) is 2.83. The molecule has 0 radical (unpaired) electrons. The minimum atomic E-state index is 0.192. The molecule has 3 rings (SSSR count). The minimum Gasteiger partial charge on any atom is -0.381 e. The Morgan fingerprint density at radius 3 is 3.00 bits per heavy atom. The summed E-state index contributed by atoms with van der Waals surface area (Å²) in [6.45, 7) is 0.923. The van der Waals surface area contributed by atoms with Crippen LogP contribution in [-0.4, -0.2) is 29.8 Å². The van der Waals surface area contributed by atoms with Crippen molar-refractivity contribution in [2.75, 3.05) is 23.4 Å². The predicted octanol–water partition coefficient (Wildman–Crippen LogP) is 3.60. The second kappa shape index (κ2) is 5.21. The smallest absolute Gasteiger partial charge is 0.0717 e. The van der Waals surface area contributed by atoms with Crippen molar-refractivity contribution in [1.29, 1.82) is 0 Å². The van der Waals surface area contributed by atoms with Crippen LogP contribution in [0.25, 0.3) is 0 Å². The molecule has 94 valence electrons. The van der Waals surface area contributed by atoms with Gasteiger partial charge in [-0.3, -0.25) is 0 Å². The Kier molecular flexibility index (Phi) is 3.64. The van der Waals surface area contributed by atoms with Crippen LogP contribution >= 0.6 is 23.1 Å². The van der Waals surface area contributed by atoms with Gasteiger partial charge in [0, 0.05) is 23.7 Å². The van der Waals surface area contributed by atoms with Gasteiger partial charge in [-0.15, -0.1) is 0 Å². The third-order valence-electron chi connectivity index (χ3n) is 3.79. The predicted molar refractivity (Wildman–Crippen MR) is 76.2 cm³/mol. The van der Waals surface area contributed by atoms with Crippen molar-refractivity contribution in [2.24, 2.45) is 0 Å². The van der Waals surface area contributed by atoms with E-state index < -0.39 is 0 Å². The van der Waals surface area contributed by atoms with Gasteiger partial charge >= 0.3 is 0 Å². The first-order chi connectivity index (χ1) is 8.36. The van der Waals surface area contributed by atoms with Crippen molar-refractivity contribution < 1.29 is 4.74 Å². The van der Waals surface area contributed by atoms with Crippen molar-refractivity contribution in [3.8, 4) is 0 Å². The molecule has 1 atom stereocenters. The normalized spacial score (nSPS) is 28.1. The molecule has 1 spiro atoms. The number of rotatable bonds is 2. The van der Waals surface area contributed by atoms with Gasteiger partial charge in [-0.25, -0.2) is 0 Å². The highest BCUT2D eigenvalue weighted by Gasteiger charge is 2.38. The van der Waals surface area contributed by atoms with Gasteiger partial charge in [0.2, 0.25) is 0 Å². The molecule has 3 heterocycles. The Labute approximate surface area is 111 Å². The maximum Gasteiger partial charge on any atom is 0.0717 e. The molecule has 1 aromatic heterocycles. The summed E-state index contributed by atoms with van der Waals surface area (Å²) in [4.78, 5) is 0. The van der Waals surface area contributed by atoms with Crippen LogP contribution in [0.5, 0.6) is 0 Å². The minimum absolute atomic E-state index is 0.192. The zero-order valence-corrected chi connectivity index (χ0v) is 11.6. The lowest BCUT2D eigenvalue weighted by atomic mass is 9.85. The average molecular weight is 269 g/mol. The highest BCUT2D eigenvalue weighted by molar-refractivity contribution is 7.99. The lowest BCUT2D eigenvalue weighted by Crippen LogP contribution is -2.46. The lowest BCUT2D eigenvalue weighted by molar-refractivity contribution is -0.0865. The van der Waals surface area contributed by atoms with Gasteiger partial charge in [-0.05, 0) is 48.6 Å². The molecule has 1 unspecified atom stereocenters. The van der Waals surface area contributed by atoms with E-state index in [9.17, 15) is 0 Å². The summed E-state index contributed by atoms with van der Waals surface area (Å²) in [5, 5.41) is 7.98. The van der Waals surface area contributed by atoms with Crippen LogP contribution in [0.4, 0.5) is 5.69 Å². The fraction of sp³-hybridized carbons (Fsp3) is 0.692. The molecular formula is C13H19NOS2. The highest BCUT2D eigenvalue weighted by atomic mass is 32.2. The quantitative estimate of drug-likeness (QED) is 0.886. The zero-order valence-electron chi connectivity index (χ0n) is 9.98. The summed E-state index contributed by atoms with van der Waals surface area (Å²) in [6, 6.07) is 2.77. The number of hydrogen-bond acceptors (Lipinski definition) is 4. The Balaban J connectivity index is 1.62. The molecule has 2 saturated heterocycles. The van der Waals surface area contributed by atoms with Gasteiger partial charge in [0.15, 0.2) is 0 Å². The van der Waals surface area contributed by atoms with Crippen molar-refractivity contribution in [2.45, 2.75) is 37.3 Å². The van der Waals surface area contributed by atoms with Crippen LogP contribution in [0.2, 0.25) is 0 Å². The molecule has 4 heteroatoms. The van der Waals surface area contributed by atoms with Gasteiger partial charge in [0.25, 0.3) is 0 Å². The Bertz CT molecular complexity index is 341. The molecule has 1 N–H and O–H groups in total. The van der Waals surface area contributed by atoms with Crippen molar-refractivity contribution in [3.05, 3.63) is 16.8 Å². The Hall–Kier alpha value is -0.190. The van der Waals surface area contributed by atoms with E-state index in [-0.39, 0.29) is 5.60 Å². The number of thioether (sulfide) groups is 1. The molecule has 0 saturated carbocycles. The van der Waals surface area contributed by atoms with E-state index in [1.165, 1.54) is 36.5 Å². The molecule has 0 amide bonds. The van der Waals surface area contributed by atoms with Crippen LogP contribution < -0.4 is 5.32 Å². The third-order valence-corrected chi connectivity index (χ3v) is 5.46. The largest absolute Gasteiger partial charge is 0.381 e. The number of anilines is 1. The van der Waals surface area contributed by atoms with Crippen LogP contribution in [0.1, 0.15) is 25.7 Å². The van der Waals surface area contributed by atoms with Gasteiger partial charge in [-0.1, -0.05) is 0 Å². The van der Waals surface area contributed by atoms with Crippen LogP contribution in [-0.2, 0) is 4.74 Å². The van der Waals surface area contributed by atoms with Crippen LogP contribution in [0, 0.1) is 0 Å². The SMILES string of the molecule is c1cc(NC2CCOC3(CCSCC3)C2)cs1. The van der Waals surface area contributed by atoms with E-state index in [0.717, 1.165) is 13.0 Å². The first-order valence-electron chi connectivity index (χ1n) is 6.37. The summed E-state index contributed by atoms with van der Waals surface area (Å²) < 4.78 is 6.11. The van der Waals surface area contributed by atoms with E-state index in [1.54, 1.807) is 11.3 Å². The summed E-state index contributed by atoms with van der Waals surface area (Å²) in [5.74, 6) is 2.54. The van der Waals surface area contributed by atoms with Crippen molar-refractivity contribution in [3.63, 3.8) is 0 Å². The molecule has 0 bridgehead atoms. The van der Waals surface area contributed by atoms with E-state index in [1.807, 2.05) is 0 Å². The summed E-state index contributed by atoms with van der Waals surface area (Å²) in [5.41, 5.74) is 1.47. The van der Waals surface area contributed by atoms with Gasteiger partial charge < -0.3 is 10.1 Å². The number of thiophene rings is 1. The van der Waals surface area contributed by atoms with E-state index in [0.29, 0.717) is 6.04 Å². The second-order valence-electron chi connectivity index (χ2n) is 4.99. The molecule has 2 aliphatic heterocycles.